The Labute approximate surface area is 41.5 Å². The fourth-order valence-electron chi connectivity index (χ4n) is 0.118. The quantitative estimate of drug-likeness (QED) is 0.467. The summed E-state index contributed by atoms with van der Waals surface area (Å²) in [6.07, 6.45) is 0. The van der Waals surface area contributed by atoms with Crippen molar-refractivity contribution in [2.24, 2.45) is 0 Å². The monoisotopic (exact) mass is 102 g/mol. The third-order valence-electron chi connectivity index (χ3n) is 0.760. The highest BCUT2D eigenvalue weighted by atomic mass is 28.2. The highest BCUT2D eigenvalue weighted by Crippen LogP contribution is 1.79. The molecule has 0 aromatic heterocycles. The molecule has 2 heteroatoms. The molecule has 0 rings (SSSR count). The summed E-state index contributed by atoms with van der Waals surface area (Å²) in [5.41, 5.74) is 0.463. The van der Waals surface area contributed by atoms with Crippen molar-refractivity contribution in [1.29, 1.82) is 0 Å². The summed E-state index contributed by atoms with van der Waals surface area (Å²) >= 11 is 0. The van der Waals surface area contributed by atoms with Crippen molar-refractivity contribution in [2.45, 2.75) is 19.2 Å². The Kier molecular flexibility index (Phi) is 3.47. The molecule has 0 saturated heterocycles. The molecule has 2 radical (unpaired) electrons. The third-order valence-corrected chi connectivity index (χ3v) is 1.81. The minimum Gasteiger partial charge on any atom is -0.386 e. The maximum Gasteiger partial charge on any atom is 0.0739 e. The standard InChI is InChI=1S/C4H10OSi/c1-4(5-2)6-3/h4H,1-3H3. The van der Waals surface area contributed by atoms with Crippen LogP contribution in [-0.2, 0) is 4.74 Å². The molecule has 0 aliphatic carbocycles. The molecule has 1 unspecified atom stereocenters. The minimum atomic E-state index is 0.463. The lowest BCUT2D eigenvalue weighted by Gasteiger charge is -2.00. The van der Waals surface area contributed by atoms with Gasteiger partial charge in [0.05, 0.1) is 9.52 Å². The van der Waals surface area contributed by atoms with E-state index < -0.39 is 0 Å². The Morgan fingerprint density at radius 3 is 2.17 bits per heavy atom. The van der Waals surface area contributed by atoms with Crippen molar-refractivity contribution in [3.8, 4) is 0 Å². The van der Waals surface area contributed by atoms with Gasteiger partial charge in [-0.05, 0) is 6.92 Å². The van der Waals surface area contributed by atoms with E-state index in [0.29, 0.717) is 5.73 Å². The van der Waals surface area contributed by atoms with Gasteiger partial charge in [-0.25, -0.2) is 0 Å². The van der Waals surface area contributed by atoms with Gasteiger partial charge in [0, 0.05) is 12.8 Å². The number of hydrogen-bond acceptors (Lipinski definition) is 1. The zero-order valence-corrected chi connectivity index (χ0v) is 5.49. The predicted octanol–water partition coefficient (Wildman–Crippen LogP) is 0.731. The number of rotatable bonds is 2. The van der Waals surface area contributed by atoms with Gasteiger partial charge < -0.3 is 4.74 Å². The first-order chi connectivity index (χ1) is 2.81. The first-order valence-electron chi connectivity index (χ1n) is 2.01. The lowest BCUT2D eigenvalue weighted by Crippen LogP contribution is -2.10. The van der Waals surface area contributed by atoms with Gasteiger partial charge in [0.15, 0.2) is 0 Å². The molecule has 0 fully saturated rings. The van der Waals surface area contributed by atoms with Gasteiger partial charge in [0.1, 0.15) is 0 Å². The highest BCUT2D eigenvalue weighted by molar-refractivity contribution is 6.35. The highest BCUT2D eigenvalue weighted by Gasteiger charge is 1.90. The van der Waals surface area contributed by atoms with Gasteiger partial charge in [-0.1, -0.05) is 6.55 Å². The molecule has 1 nitrogen and oxygen atoms in total. The molecule has 0 saturated carbocycles. The molecule has 36 valence electrons. The molecule has 1 atom stereocenters. The lowest BCUT2D eigenvalue weighted by atomic mass is 10.9. The summed E-state index contributed by atoms with van der Waals surface area (Å²) in [7, 11) is 2.65. The van der Waals surface area contributed by atoms with E-state index in [2.05, 4.69) is 13.5 Å². The fourth-order valence-corrected chi connectivity index (χ4v) is 0.354. The van der Waals surface area contributed by atoms with Crippen molar-refractivity contribution in [2.75, 3.05) is 7.11 Å². The van der Waals surface area contributed by atoms with E-state index in [-0.39, 0.29) is 0 Å². The second-order valence-corrected chi connectivity index (χ2v) is 2.56. The maximum atomic E-state index is 4.91. The molecule has 0 N–H and O–H groups in total. The van der Waals surface area contributed by atoms with E-state index in [1.807, 2.05) is 0 Å². The fraction of sp³-hybridized carbons (Fsp3) is 1.00. The SMILES string of the molecule is COC(C)[Si]C. The molecule has 0 aromatic rings. The summed E-state index contributed by atoms with van der Waals surface area (Å²) in [4.78, 5) is 0. The van der Waals surface area contributed by atoms with Crippen LogP contribution in [0.25, 0.3) is 0 Å². The van der Waals surface area contributed by atoms with Crippen LogP contribution in [0.1, 0.15) is 6.92 Å². The molecule has 0 aromatic carbocycles. The Bertz CT molecular complexity index is 26.7. The first-order valence-corrected chi connectivity index (χ1v) is 3.59. The summed E-state index contributed by atoms with van der Waals surface area (Å²) in [6, 6.07) is 0. The van der Waals surface area contributed by atoms with Gasteiger partial charge in [-0.2, -0.15) is 0 Å². The van der Waals surface area contributed by atoms with Crippen molar-refractivity contribution >= 4 is 9.52 Å². The smallest absolute Gasteiger partial charge is 0.0739 e. The van der Waals surface area contributed by atoms with Crippen LogP contribution in [0.5, 0.6) is 0 Å². The van der Waals surface area contributed by atoms with Gasteiger partial charge in [0.2, 0.25) is 0 Å². The summed E-state index contributed by atoms with van der Waals surface area (Å²) in [5.74, 6) is 0. The van der Waals surface area contributed by atoms with Crippen LogP contribution in [0.2, 0.25) is 6.55 Å². The van der Waals surface area contributed by atoms with Crippen molar-refractivity contribution in [1.82, 2.24) is 0 Å². The summed E-state index contributed by atoms with van der Waals surface area (Å²) in [5, 5.41) is 0. The van der Waals surface area contributed by atoms with Crippen LogP contribution in [-0.4, -0.2) is 22.4 Å². The van der Waals surface area contributed by atoms with Crippen LogP contribution in [0.15, 0.2) is 0 Å². The topological polar surface area (TPSA) is 9.23 Å². The molecular formula is C4H10OSi. The zero-order chi connectivity index (χ0) is 4.99. The third kappa shape index (κ3) is 2.42. The van der Waals surface area contributed by atoms with Crippen LogP contribution in [0.4, 0.5) is 0 Å². The minimum absolute atomic E-state index is 0.463. The van der Waals surface area contributed by atoms with Crippen molar-refractivity contribution in [3.05, 3.63) is 0 Å². The first kappa shape index (κ1) is 6.18. The Morgan fingerprint density at radius 1 is 1.67 bits per heavy atom. The van der Waals surface area contributed by atoms with E-state index in [4.69, 9.17) is 4.74 Å². The summed E-state index contributed by atoms with van der Waals surface area (Å²) < 4.78 is 4.91. The predicted molar refractivity (Wildman–Crippen MR) is 28.1 cm³/mol. The van der Waals surface area contributed by atoms with Crippen LogP contribution < -0.4 is 0 Å². The van der Waals surface area contributed by atoms with Gasteiger partial charge in [-0.3, -0.25) is 0 Å². The zero-order valence-electron chi connectivity index (χ0n) is 4.49. The van der Waals surface area contributed by atoms with Gasteiger partial charge in [0.25, 0.3) is 0 Å². The van der Waals surface area contributed by atoms with Gasteiger partial charge in [-0.15, -0.1) is 0 Å². The lowest BCUT2D eigenvalue weighted by molar-refractivity contribution is 0.179. The Hall–Kier alpha value is 0.177. The molecule has 0 bridgehead atoms. The van der Waals surface area contributed by atoms with Crippen LogP contribution >= 0.6 is 0 Å². The van der Waals surface area contributed by atoms with E-state index in [1.54, 1.807) is 7.11 Å². The largest absolute Gasteiger partial charge is 0.386 e. The van der Waals surface area contributed by atoms with Gasteiger partial charge >= 0.3 is 0 Å². The molecule has 0 aliphatic heterocycles. The maximum absolute atomic E-state index is 4.91. The normalized spacial score (nSPS) is 14.5. The molecule has 6 heavy (non-hydrogen) atoms. The number of methoxy groups -OCH3 is 1. The second-order valence-electron chi connectivity index (χ2n) is 1.17. The molecule has 0 heterocycles. The molecule has 0 spiro atoms. The van der Waals surface area contributed by atoms with E-state index in [0.717, 1.165) is 9.52 Å². The Morgan fingerprint density at radius 2 is 2.17 bits per heavy atom. The second kappa shape index (κ2) is 3.37. The number of ether oxygens (including phenoxy) is 1. The van der Waals surface area contributed by atoms with Crippen molar-refractivity contribution in [3.63, 3.8) is 0 Å². The Balaban J connectivity index is 2.75. The number of hydrogen-bond donors (Lipinski definition) is 0. The average molecular weight is 102 g/mol. The van der Waals surface area contributed by atoms with Crippen LogP contribution in [0.3, 0.4) is 0 Å². The summed E-state index contributed by atoms with van der Waals surface area (Å²) in [6.45, 7) is 4.20. The van der Waals surface area contributed by atoms with Crippen molar-refractivity contribution < 1.29 is 4.74 Å². The van der Waals surface area contributed by atoms with E-state index in [1.165, 1.54) is 0 Å². The molecular weight excluding hydrogens is 92.1 g/mol. The van der Waals surface area contributed by atoms with Crippen LogP contribution in [0, 0.1) is 0 Å². The average Bonchev–Trinajstić information content (AvgIpc) is 1.65. The molecule has 0 amide bonds. The van der Waals surface area contributed by atoms with E-state index >= 15 is 0 Å². The molecule has 0 aliphatic rings. The van der Waals surface area contributed by atoms with E-state index in [9.17, 15) is 0 Å².